The van der Waals surface area contributed by atoms with Gasteiger partial charge in [-0.3, -0.25) is 19.7 Å². The number of hydrogen-bond acceptors (Lipinski definition) is 8. The molecule has 9 nitrogen and oxygen atoms in total. The molecule has 0 unspecified atom stereocenters. The molecule has 0 saturated carbocycles. The van der Waals surface area contributed by atoms with Crippen molar-refractivity contribution in [2.75, 3.05) is 33.3 Å². The SMILES string of the molecule is COC(=O)[C@H]1C[C@@](C)(C(=O)OC)N[C@H]1[C@H]1[C@@H](OC)C(=O)N1c1ccc(OC)cc1. The molecule has 2 fully saturated rings. The molecule has 1 aromatic carbocycles. The van der Waals surface area contributed by atoms with Crippen LogP contribution in [0.1, 0.15) is 13.3 Å². The summed E-state index contributed by atoms with van der Waals surface area (Å²) in [5.74, 6) is -1.16. The lowest BCUT2D eigenvalue weighted by Gasteiger charge is -2.50. The molecule has 2 aliphatic rings. The van der Waals surface area contributed by atoms with E-state index in [0.717, 1.165) is 0 Å². The van der Waals surface area contributed by atoms with E-state index >= 15 is 0 Å². The highest BCUT2D eigenvalue weighted by atomic mass is 16.5. The number of benzene rings is 1. The van der Waals surface area contributed by atoms with Gasteiger partial charge < -0.3 is 23.8 Å². The van der Waals surface area contributed by atoms with Crippen LogP contribution in [0, 0.1) is 5.92 Å². The highest BCUT2D eigenvalue weighted by Crippen LogP contribution is 2.41. The summed E-state index contributed by atoms with van der Waals surface area (Å²) < 4.78 is 20.5. The first-order valence-electron chi connectivity index (χ1n) is 9.25. The normalized spacial score (nSPS) is 31.2. The van der Waals surface area contributed by atoms with E-state index in [0.29, 0.717) is 11.4 Å². The van der Waals surface area contributed by atoms with Crippen LogP contribution in [0.25, 0.3) is 0 Å². The number of methoxy groups -OCH3 is 4. The van der Waals surface area contributed by atoms with Gasteiger partial charge in [0.05, 0.1) is 33.3 Å². The molecule has 2 heterocycles. The van der Waals surface area contributed by atoms with Gasteiger partial charge in [-0.1, -0.05) is 0 Å². The topological polar surface area (TPSA) is 103 Å². The van der Waals surface area contributed by atoms with Gasteiger partial charge in [0.1, 0.15) is 11.3 Å². The standard InChI is InChI=1S/C20H26N2O7/c1-20(19(25)29-5)10-13(18(24)28-4)14(21-20)15-16(27-3)17(23)22(15)11-6-8-12(26-2)9-7-11/h6-9,13-16,21H,10H2,1-5H3/t13-,14+,15-,16+,20-/m0/s1. The minimum Gasteiger partial charge on any atom is -0.497 e. The summed E-state index contributed by atoms with van der Waals surface area (Å²) in [5, 5.41) is 3.22. The van der Waals surface area contributed by atoms with Gasteiger partial charge in [-0.2, -0.15) is 0 Å². The maximum absolute atomic E-state index is 12.7. The third-order valence-corrected chi connectivity index (χ3v) is 5.75. The quantitative estimate of drug-likeness (QED) is 0.538. The highest BCUT2D eigenvalue weighted by molar-refractivity contribution is 6.05. The Hall–Kier alpha value is -2.65. The Morgan fingerprint density at radius 2 is 1.76 bits per heavy atom. The van der Waals surface area contributed by atoms with E-state index in [4.69, 9.17) is 18.9 Å². The molecule has 1 amide bonds. The van der Waals surface area contributed by atoms with Crippen LogP contribution in [0.15, 0.2) is 24.3 Å². The minimum absolute atomic E-state index is 0.189. The van der Waals surface area contributed by atoms with Gasteiger partial charge in [-0.05, 0) is 37.6 Å². The number of esters is 2. The molecule has 1 aromatic rings. The maximum atomic E-state index is 12.7. The predicted octanol–water partition coefficient (Wildman–Crippen LogP) is 0.508. The molecule has 158 valence electrons. The molecule has 0 aromatic heterocycles. The van der Waals surface area contributed by atoms with Crippen molar-refractivity contribution in [1.29, 1.82) is 0 Å². The molecule has 0 radical (unpaired) electrons. The number of hydrogen-bond donors (Lipinski definition) is 1. The molecule has 0 spiro atoms. The number of anilines is 1. The molecule has 2 saturated heterocycles. The zero-order valence-corrected chi connectivity index (χ0v) is 17.1. The number of rotatable bonds is 6. The molecule has 9 heteroatoms. The lowest BCUT2D eigenvalue weighted by atomic mass is 9.83. The van der Waals surface area contributed by atoms with Gasteiger partial charge in [-0.15, -0.1) is 0 Å². The molecule has 0 bridgehead atoms. The second-order valence-corrected chi connectivity index (χ2v) is 7.38. The predicted molar refractivity (Wildman–Crippen MR) is 103 cm³/mol. The third-order valence-electron chi connectivity index (χ3n) is 5.75. The van der Waals surface area contributed by atoms with Gasteiger partial charge in [0.25, 0.3) is 5.91 Å². The molecule has 0 aliphatic carbocycles. The van der Waals surface area contributed by atoms with Gasteiger partial charge in [0.15, 0.2) is 6.10 Å². The molecular weight excluding hydrogens is 380 g/mol. The van der Waals surface area contributed by atoms with E-state index in [1.165, 1.54) is 21.3 Å². The van der Waals surface area contributed by atoms with Crippen molar-refractivity contribution in [2.45, 2.75) is 37.1 Å². The zero-order chi connectivity index (χ0) is 21.3. The first-order valence-corrected chi connectivity index (χ1v) is 9.25. The van der Waals surface area contributed by atoms with E-state index in [1.807, 2.05) is 0 Å². The van der Waals surface area contributed by atoms with Gasteiger partial charge in [-0.25, -0.2) is 0 Å². The van der Waals surface area contributed by atoms with E-state index in [1.54, 1.807) is 43.2 Å². The van der Waals surface area contributed by atoms with Crippen LogP contribution in [-0.4, -0.2) is 70.0 Å². The van der Waals surface area contributed by atoms with Crippen molar-refractivity contribution in [3.05, 3.63) is 24.3 Å². The van der Waals surface area contributed by atoms with Crippen LogP contribution in [0.2, 0.25) is 0 Å². The number of nitrogens with zero attached hydrogens (tertiary/aromatic N) is 1. The van der Waals surface area contributed by atoms with Gasteiger partial charge in [0, 0.05) is 18.8 Å². The highest BCUT2D eigenvalue weighted by Gasteiger charge is 2.61. The fourth-order valence-corrected chi connectivity index (χ4v) is 4.28. The van der Waals surface area contributed by atoms with Crippen molar-refractivity contribution in [3.8, 4) is 5.75 Å². The lowest BCUT2D eigenvalue weighted by Crippen LogP contribution is -2.73. The summed E-state index contributed by atoms with van der Waals surface area (Å²) in [6.45, 7) is 1.68. The summed E-state index contributed by atoms with van der Waals surface area (Å²) in [4.78, 5) is 39.2. The van der Waals surface area contributed by atoms with E-state index in [9.17, 15) is 14.4 Å². The number of ether oxygens (including phenoxy) is 4. The number of carbonyl (C=O) groups is 3. The Morgan fingerprint density at radius 3 is 2.28 bits per heavy atom. The number of carbonyl (C=O) groups excluding carboxylic acids is 3. The lowest BCUT2D eigenvalue weighted by molar-refractivity contribution is -0.149. The largest absolute Gasteiger partial charge is 0.497 e. The Labute approximate surface area is 169 Å². The molecule has 5 atom stereocenters. The maximum Gasteiger partial charge on any atom is 0.325 e. The summed E-state index contributed by atoms with van der Waals surface area (Å²) in [5.41, 5.74) is -0.438. The van der Waals surface area contributed by atoms with Crippen molar-refractivity contribution in [2.24, 2.45) is 5.92 Å². The van der Waals surface area contributed by atoms with Crippen molar-refractivity contribution in [1.82, 2.24) is 5.32 Å². The Bertz CT molecular complexity index is 797. The Morgan fingerprint density at radius 1 is 1.10 bits per heavy atom. The molecule has 29 heavy (non-hydrogen) atoms. The molecule has 3 rings (SSSR count). The summed E-state index contributed by atoms with van der Waals surface area (Å²) >= 11 is 0. The van der Waals surface area contributed by atoms with Crippen molar-refractivity contribution in [3.63, 3.8) is 0 Å². The number of β-lactam (4-membered cyclic amide) rings is 1. The average molecular weight is 406 g/mol. The van der Waals surface area contributed by atoms with Gasteiger partial charge >= 0.3 is 11.9 Å². The zero-order valence-electron chi connectivity index (χ0n) is 17.1. The van der Waals surface area contributed by atoms with Crippen LogP contribution in [0.5, 0.6) is 5.75 Å². The fraction of sp³-hybridized carbons (Fsp3) is 0.550. The average Bonchev–Trinajstić information content (AvgIpc) is 3.09. The summed E-state index contributed by atoms with van der Waals surface area (Å²) in [6, 6.07) is 5.96. The van der Waals surface area contributed by atoms with Crippen molar-refractivity contribution >= 4 is 23.5 Å². The smallest absolute Gasteiger partial charge is 0.325 e. The first kappa shape index (κ1) is 21.1. The second-order valence-electron chi connectivity index (χ2n) is 7.38. The minimum atomic E-state index is -1.08. The molecule has 1 N–H and O–H groups in total. The third kappa shape index (κ3) is 3.44. The molecular formula is C20H26N2O7. The monoisotopic (exact) mass is 406 g/mol. The van der Waals surface area contributed by atoms with Crippen LogP contribution in [-0.2, 0) is 28.6 Å². The van der Waals surface area contributed by atoms with Crippen LogP contribution >= 0.6 is 0 Å². The molecule has 2 aliphatic heterocycles. The van der Waals surface area contributed by atoms with Gasteiger partial charge in [0.2, 0.25) is 0 Å². The van der Waals surface area contributed by atoms with Crippen LogP contribution in [0.4, 0.5) is 5.69 Å². The first-order chi connectivity index (χ1) is 13.8. The van der Waals surface area contributed by atoms with Crippen LogP contribution in [0.3, 0.4) is 0 Å². The number of amides is 1. The summed E-state index contributed by atoms with van der Waals surface area (Å²) in [7, 11) is 5.60. The fourth-order valence-electron chi connectivity index (χ4n) is 4.28. The second kappa shape index (κ2) is 8.00. The Balaban J connectivity index is 1.97. The van der Waals surface area contributed by atoms with Crippen LogP contribution < -0.4 is 15.0 Å². The van der Waals surface area contributed by atoms with E-state index in [2.05, 4.69) is 5.32 Å². The van der Waals surface area contributed by atoms with E-state index in [-0.39, 0.29) is 12.3 Å². The van der Waals surface area contributed by atoms with E-state index < -0.39 is 41.6 Å². The number of nitrogens with one attached hydrogen (secondary N) is 1. The summed E-state index contributed by atoms with van der Waals surface area (Å²) in [6.07, 6.45) is -0.559. The van der Waals surface area contributed by atoms with Crippen molar-refractivity contribution < 1.29 is 33.3 Å². The Kier molecular flexibility index (Phi) is 5.81.